The van der Waals surface area contributed by atoms with Crippen molar-refractivity contribution >= 4 is 0 Å². The summed E-state index contributed by atoms with van der Waals surface area (Å²) >= 11 is 0. The summed E-state index contributed by atoms with van der Waals surface area (Å²) in [5.41, 5.74) is 0.491. The van der Waals surface area contributed by atoms with Crippen molar-refractivity contribution in [3.63, 3.8) is 0 Å². The van der Waals surface area contributed by atoms with E-state index in [9.17, 15) is 5.11 Å². The van der Waals surface area contributed by atoms with Crippen LogP contribution in [0.15, 0.2) is 0 Å². The summed E-state index contributed by atoms with van der Waals surface area (Å²) in [6, 6.07) is 0.678. The van der Waals surface area contributed by atoms with Gasteiger partial charge in [0.15, 0.2) is 0 Å². The van der Waals surface area contributed by atoms with Gasteiger partial charge in [-0.2, -0.15) is 0 Å². The first kappa shape index (κ1) is 15.3. The van der Waals surface area contributed by atoms with Crippen LogP contribution in [0.3, 0.4) is 0 Å². The lowest BCUT2D eigenvalue weighted by atomic mass is 9.69. The molecule has 3 nitrogen and oxygen atoms in total. The zero-order valence-electron chi connectivity index (χ0n) is 13.0. The topological polar surface area (TPSA) is 35.5 Å². The minimum absolute atomic E-state index is 0.0945. The molecule has 3 heteroatoms. The molecule has 0 aromatic rings. The third kappa shape index (κ3) is 4.44. The molecule has 0 aromatic carbocycles. The van der Waals surface area contributed by atoms with E-state index in [0.29, 0.717) is 11.5 Å². The molecule has 3 unspecified atom stereocenters. The highest BCUT2D eigenvalue weighted by Crippen LogP contribution is 2.39. The maximum Gasteiger partial charge on any atom is 0.0667 e. The summed E-state index contributed by atoms with van der Waals surface area (Å²) in [4.78, 5) is 2.49. The number of hydrogen-bond acceptors (Lipinski definition) is 3. The summed E-state index contributed by atoms with van der Waals surface area (Å²) in [5, 5.41) is 13.5. The molecule has 3 atom stereocenters. The van der Waals surface area contributed by atoms with Gasteiger partial charge in [-0.25, -0.2) is 0 Å². The van der Waals surface area contributed by atoms with Gasteiger partial charge in [-0.1, -0.05) is 20.8 Å². The van der Waals surface area contributed by atoms with Gasteiger partial charge < -0.3 is 15.3 Å². The Balaban J connectivity index is 1.92. The molecule has 1 saturated carbocycles. The number of piperidine rings is 1. The molecule has 1 aliphatic heterocycles. The minimum atomic E-state index is -0.0945. The minimum Gasteiger partial charge on any atom is -0.392 e. The molecule has 0 aromatic heterocycles. The normalized spacial score (nSPS) is 36.3. The number of likely N-dealkylation sites (tertiary alicyclic amines) is 1. The molecular formula is C16H32N2O. The van der Waals surface area contributed by atoms with E-state index in [0.717, 1.165) is 38.4 Å². The van der Waals surface area contributed by atoms with E-state index in [-0.39, 0.29) is 6.10 Å². The van der Waals surface area contributed by atoms with Crippen LogP contribution in [-0.4, -0.2) is 48.3 Å². The van der Waals surface area contributed by atoms with Gasteiger partial charge in [0.25, 0.3) is 0 Å². The monoisotopic (exact) mass is 268 g/mol. The van der Waals surface area contributed by atoms with Crippen LogP contribution in [0.4, 0.5) is 0 Å². The average Bonchev–Trinajstić information content (AvgIpc) is 2.32. The lowest BCUT2D eigenvalue weighted by molar-refractivity contribution is 0.0402. The van der Waals surface area contributed by atoms with Gasteiger partial charge in [-0.05, 0) is 56.5 Å². The summed E-state index contributed by atoms with van der Waals surface area (Å²) in [7, 11) is 0. The summed E-state index contributed by atoms with van der Waals surface area (Å²) < 4.78 is 0. The number of aliphatic hydroxyl groups excluding tert-OH is 1. The first-order valence-corrected chi connectivity index (χ1v) is 8.14. The van der Waals surface area contributed by atoms with Crippen LogP contribution < -0.4 is 5.32 Å². The van der Waals surface area contributed by atoms with E-state index in [1.807, 2.05) is 0 Å². The van der Waals surface area contributed by atoms with Crippen molar-refractivity contribution in [1.29, 1.82) is 0 Å². The zero-order valence-corrected chi connectivity index (χ0v) is 13.0. The van der Waals surface area contributed by atoms with Crippen LogP contribution in [0.1, 0.15) is 52.9 Å². The number of rotatable bonds is 4. The molecule has 0 bridgehead atoms. The molecule has 19 heavy (non-hydrogen) atoms. The zero-order chi connectivity index (χ0) is 13.9. The van der Waals surface area contributed by atoms with Crippen molar-refractivity contribution in [2.45, 2.75) is 65.0 Å². The number of nitrogens with zero attached hydrogens (tertiary/aromatic N) is 1. The molecule has 0 spiro atoms. The van der Waals surface area contributed by atoms with Gasteiger partial charge in [0.05, 0.1) is 6.10 Å². The lowest BCUT2D eigenvalue weighted by Crippen LogP contribution is -2.49. The number of hydrogen-bond donors (Lipinski definition) is 2. The van der Waals surface area contributed by atoms with Crippen LogP contribution in [0.25, 0.3) is 0 Å². The van der Waals surface area contributed by atoms with E-state index in [2.05, 4.69) is 31.0 Å². The van der Waals surface area contributed by atoms with E-state index >= 15 is 0 Å². The first-order chi connectivity index (χ1) is 9.00. The average molecular weight is 268 g/mol. The standard InChI is InChI=1S/C16H32N2O/c1-4-17-15-7-8-16(2,3)10-13(15)11-18-9-5-6-14(19)12-18/h13-15,17,19H,4-12H2,1-3H3. The number of aliphatic hydroxyl groups is 1. The molecule has 1 aliphatic carbocycles. The second kappa shape index (κ2) is 6.55. The largest absolute Gasteiger partial charge is 0.392 e. The molecule has 2 fully saturated rings. The Bertz CT molecular complexity index is 280. The summed E-state index contributed by atoms with van der Waals surface area (Å²) in [6.45, 7) is 11.3. The van der Waals surface area contributed by atoms with Crippen molar-refractivity contribution in [2.24, 2.45) is 11.3 Å². The maximum atomic E-state index is 9.82. The van der Waals surface area contributed by atoms with Crippen molar-refractivity contribution in [3.05, 3.63) is 0 Å². The molecule has 0 amide bonds. The third-order valence-electron chi connectivity index (χ3n) is 4.96. The van der Waals surface area contributed by atoms with Crippen LogP contribution in [0.5, 0.6) is 0 Å². The quantitative estimate of drug-likeness (QED) is 0.821. The van der Waals surface area contributed by atoms with Gasteiger partial charge in [-0.15, -0.1) is 0 Å². The Kier molecular flexibility index (Phi) is 5.27. The summed E-state index contributed by atoms with van der Waals surface area (Å²) in [5.74, 6) is 0.744. The predicted molar refractivity (Wildman–Crippen MR) is 80.3 cm³/mol. The fourth-order valence-corrected chi connectivity index (χ4v) is 3.99. The lowest BCUT2D eigenvalue weighted by Gasteiger charge is -2.44. The summed E-state index contributed by atoms with van der Waals surface area (Å²) in [6.07, 6.45) is 6.01. The molecule has 2 N–H and O–H groups in total. The molecular weight excluding hydrogens is 236 g/mol. The SMILES string of the molecule is CCNC1CCC(C)(C)CC1CN1CCCC(O)C1. The van der Waals surface area contributed by atoms with Crippen molar-refractivity contribution in [3.8, 4) is 0 Å². The third-order valence-corrected chi connectivity index (χ3v) is 4.96. The smallest absolute Gasteiger partial charge is 0.0667 e. The first-order valence-electron chi connectivity index (χ1n) is 8.14. The van der Waals surface area contributed by atoms with Gasteiger partial charge in [0.2, 0.25) is 0 Å². The molecule has 2 rings (SSSR count). The predicted octanol–water partition coefficient (Wildman–Crippen LogP) is 2.25. The van der Waals surface area contributed by atoms with Crippen LogP contribution in [0.2, 0.25) is 0 Å². The highest BCUT2D eigenvalue weighted by molar-refractivity contribution is 4.90. The Hall–Kier alpha value is -0.120. The molecule has 1 saturated heterocycles. The molecule has 2 aliphatic rings. The molecule has 1 heterocycles. The van der Waals surface area contributed by atoms with Gasteiger partial charge in [-0.3, -0.25) is 0 Å². The maximum absolute atomic E-state index is 9.82. The van der Waals surface area contributed by atoms with Crippen molar-refractivity contribution in [1.82, 2.24) is 10.2 Å². The van der Waals surface area contributed by atoms with Crippen molar-refractivity contribution in [2.75, 3.05) is 26.2 Å². The van der Waals surface area contributed by atoms with E-state index in [4.69, 9.17) is 0 Å². The Morgan fingerprint density at radius 2 is 2.11 bits per heavy atom. The van der Waals surface area contributed by atoms with Gasteiger partial charge >= 0.3 is 0 Å². The van der Waals surface area contributed by atoms with Crippen LogP contribution in [0, 0.1) is 11.3 Å². The van der Waals surface area contributed by atoms with Crippen LogP contribution in [-0.2, 0) is 0 Å². The second-order valence-electron chi connectivity index (χ2n) is 7.39. The Morgan fingerprint density at radius 1 is 1.32 bits per heavy atom. The highest BCUT2D eigenvalue weighted by atomic mass is 16.3. The van der Waals surface area contributed by atoms with Gasteiger partial charge in [0.1, 0.15) is 0 Å². The van der Waals surface area contributed by atoms with E-state index in [1.165, 1.54) is 25.8 Å². The fraction of sp³-hybridized carbons (Fsp3) is 1.00. The number of nitrogens with one attached hydrogen (secondary N) is 1. The molecule has 0 radical (unpaired) electrons. The number of β-amino-alcohol motifs (C(OH)–C–C–N with tert-alkyl or cyclic N) is 1. The van der Waals surface area contributed by atoms with E-state index in [1.54, 1.807) is 0 Å². The highest BCUT2D eigenvalue weighted by Gasteiger charge is 2.35. The van der Waals surface area contributed by atoms with Crippen molar-refractivity contribution < 1.29 is 5.11 Å². The van der Waals surface area contributed by atoms with Gasteiger partial charge in [0, 0.05) is 19.1 Å². The second-order valence-corrected chi connectivity index (χ2v) is 7.39. The Morgan fingerprint density at radius 3 is 2.79 bits per heavy atom. The fourth-order valence-electron chi connectivity index (χ4n) is 3.99. The Labute approximate surface area is 118 Å². The van der Waals surface area contributed by atoms with Crippen LogP contribution >= 0.6 is 0 Å². The van der Waals surface area contributed by atoms with E-state index < -0.39 is 0 Å². The molecule has 112 valence electrons.